The van der Waals surface area contributed by atoms with Gasteiger partial charge in [0.05, 0.1) is 12.0 Å². The van der Waals surface area contributed by atoms with Crippen molar-refractivity contribution >= 4 is 10.0 Å². The topological polar surface area (TPSA) is 64.6 Å². The van der Waals surface area contributed by atoms with Gasteiger partial charge in [-0.25, -0.2) is 13.1 Å². The van der Waals surface area contributed by atoms with E-state index < -0.39 is 10.0 Å². The summed E-state index contributed by atoms with van der Waals surface area (Å²) < 4.78 is 37.5. The molecule has 0 aliphatic heterocycles. The molecule has 2 aromatic rings. The van der Waals surface area contributed by atoms with E-state index in [2.05, 4.69) is 4.72 Å². The van der Waals surface area contributed by atoms with E-state index in [1.165, 1.54) is 0 Å². The van der Waals surface area contributed by atoms with E-state index in [9.17, 15) is 8.42 Å². The first kappa shape index (κ1) is 16.3. The van der Waals surface area contributed by atoms with Crippen molar-refractivity contribution in [2.75, 3.05) is 20.3 Å². The highest BCUT2D eigenvalue weighted by Gasteiger charge is 2.13. The normalized spacial score (nSPS) is 11.2. The summed E-state index contributed by atoms with van der Waals surface area (Å²) in [6.07, 6.45) is 0. The molecule has 0 aliphatic rings. The molecule has 0 heterocycles. The molecule has 0 amide bonds. The van der Waals surface area contributed by atoms with E-state index in [0.29, 0.717) is 11.5 Å². The second-order valence-corrected chi connectivity index (χ2v) is 6.48. The van der Waals surface area contributed by atoms with Crippen LogP contribution in [0.3, 0.4) is 0 Å². The van der Waals surface area contributed by atoms with Crippen LogP contribution in [0, 0.1) is 6.92 Å². The van der Waals surface area contributed by atoms with Gasteiger partial charge < -0.3 is 9.47 Å². The van der Waals surface area contributed by atoms with Gasteiger partial charge in [-0.05, 0) is 36.8 Å². The molecule has 22 heavy (non-hydrogen) atoms. The predicted octanol–water partition coefficient (Wildman–Crippen LogP) is 2.36. The second-order valence-electron chi connectivity index (χ2n) is 4.71. The highest BCUT2D eigenvalue weighted by Crippen LogP contribution is 2.25. The second kappa shape index (κ2) is 7.29. The molecule has 6 heteroatoms. The molecule has 118 valence electrons. The minimum absolute atomic E-state index is 0.175. The van der Waals surface area contributed by atoms with Crippen LogP contribution in [0.4, 0.5) is 0 Å². The Hall–Kier alpha value is -2.05. The lowest BCUT2D eigenvalue weighted by Gasteiger charge is -2.11. The average molecular weight is 321 g/mol. The lowest BCUT2D eigenvalue weighted by molar-refractivity contribution is 0.299. The van der Waals surface area contributed by atoms with E-state index in [1.807, 2.05) is 25.1 Å². The lowest BCUT2D eigenvalue weighted by atomic mass is 10.2. The third kappa shape index (κ3) is 4.22. The molecule has 2 aromatic carbocycles. The van der Waals surface area contributed by atoms with Gasteiger partial charge in [0, 0.05) is 6.54 Å². The standard InChI is InChI=1S/C16H19NO4S/c1-13-6-5-7-14(12-13)22(18,19)17-10-11-21-16-9-4-3-8-15(16)20-2/h3-9,12,17H,10-11H2,1-2H3. The van der Waals surface area contributed by atoms with Gasteiger partial charge in [0.1, 0.15) is 6.61 Å². The van der Waals surface area contributed by atoms with Gasteiger partial charge in [0.25, 0.3) is 0 Å². The number of aryl methyl sites for hydroxylation is 1. The van der Waals surface area contributed by atoms with Crippen molar-refractivity contribution in [2.45, 2.75) is 11.8 Å². The van der Waals surface area contributed by atoms with Crippen molar-refractivity contribution in [1.29, 1.82) is 0 Å². The number of sulfonamides is 1. The maximum Gasteiger partial charge on any atom is 0.240 e. The Bertz CT molecular complexity index is 728. The molecule has 2 rings (SSSR count). The van der Waals surface area contributed by atoms with Gasteiger partial charge >= 0.3 is 0 Å². The average Bonchev–Trinajstić information content (AvgIpc) is 2.52. The van der Waals surface area contributed by atoms with Crippen LogP contribution in [0.2, 0.25) is 0 Å². The summed E-state index contributed by atoms with van der Waals surface area (Å²) in [6.45, 7) is 2.24. The van der Waals surface area contributed by atoms with Gasteiger partial charge in [-0.2, -0.15) is 0 Å². The SMILES string of the molecule is COc1ccccc1OCCNS(=O)(=O)c1cccc(C)c1. The monoisotopic (exact) mass is 321 g/mol. The van der Waals surface area contributed by atoms with E-state index in [0.717, 1.165) is 5.56 Å². The number of nitrogens with one attached hydrogen (secondary N) is 1. The minimum Gasteiger partial charge on any atom is -0.493 e. The van der Waals surface area contributed by atoms with Crippen molar-refractivity contribution in [3.8, 4) is 11.5 Å². The molecule has 0 saturated heterocycles. The molecule has 0 fully saturated rings. The molecule has 0 aromatic heterocycles. The number of benzene rings is 2. The summed E-state index contributed by atoms with van der Waals surface area (Å²) in [5.74, 6) is 1.20. The Morgan fingerprint density at radius 3 is 2.45 bits per heavy atom. The third-order valence-electron chi connectivity index (χ3n) is 3.02. The van der Waals surface area contributed by atoms with Gasteiger partial charge in [-0.15, -0.1) is 0 Å². The van der Waals surface area contributed by atoms with Crippen molar-refractivity contribution in [2.24, 2.45) is 0 Å². The van der Waals surface area contributed by atoms with Gasteiger partial charge in [0.15, 0.2) is 11.5 Å². The zero-order chi connectivity index (χ0) is 16.0. The highest BCUT2D eigenvalue weighted by molar-refractivity contribution is 7.89. The molecule has 1 N–H and O–H groups in total. The first-order valence-corrected chi connectivity index (χ1v) is 8.33. The maximum absolute atomic E-state index is 12.1. The fourth-order valence-corrected chi connectivity index (χ4v) is 3.06. The number of hydrogen-bond acceptors (Lipinski definition) is 4. The third-order valence-corrected chi connectivity index (χ3v) is 4.48. The van der Waals surface area contributed by atoms with Crippen LogP contribution in [0.5, 0.6) is 11.5 Å². The Morgan fingerprint density at radius 1 is 1.05 bits per heavy atom. The number of rotatable bonds is 7. The molecule has 0 aliphatic carbocycles. The van der Waals surface area contributed by atoms with Crippen LogP contribution in [0.25, 0.3) is 0 Å². The molecule has 0 bridgehead atoms. The van der Waals surface area contributed by atoms with Crippen LogP contribution >= 0.6 is 0 Å². The fourth-order valence-electron chi connectivity index (χ4n) is 1.94. The number of ether oxygens (including phenoxy) is 2. The molecular weight excluding hydrogens is 302 g/mol. The zero-order valence-electron chi connectivity index (χ0n) is 12.6. The number of para-hydroxylation sites is 2. The first-order chi connectivity index (χ1) is 10.5. The highest BCUT2D eigenvalue weighted by atomic mass is 32.2. The lowest BCUT2D eigenvalue weighted by Crippen LogP contribution is -2.28. The van der Waals surface area contributed by atoms with Crippen LogP contribution in [-0.2, 0) is 10.0 Å². The summed E-state index contributed by atoms with van der Waals surface area (Å²) in [4.78, 5) is 0.254. The van der Waals surface area contributed by atoms with Gasteiger partial charge in [0.2, 0.25) is 10.0 Å². The predicted molar refractivity (Wildman–Crippen MR) is 84.9 cm³/mol. The quantitative estimate of drug-likeness (QED) is 0.795. The van der Waals surface area contributed by atoms with E-state index >= 15 is 0 Å². The van der Waals surface area contributed by atoms with Crippen molar-refractivity contribution < 1.29 is 17.9 Å². The Morgan fingerprint density at radius 2 is 1.77 bits per heavy atom. The number of hydrogen-bond donors (Lipinski definition) is 1. The maximum atomic E-state index is 12.1. The summed E-state index contributed by atoms with van der Waals surface area (Å²) >= 11 is 0. The minimum atomic E-state index is -3.51. The summed E-state index contributed by atoms with van der Waals surface area (Å²) in [5.41, 5.74) is 0.896. The Kier molecular flexibility index (Phi) is 5.41. The largest absolute Gasteiger partial charge is 0.493 e. The zero-order valence-corrected chi connectivity index (χ0v) is 13.4. The smallest absolute Gasteiger partial charge is 0.240 e. The fraction of sp³-hybridized carbons (Fsp3) is 0.250. The molecule has 0 spiro atoms. The van der Waals surface area contributed by atoms with Crippen molar-refractivity contribution in [3.05, 3.63) is 54.1 Å². The Labute approximate surface area is 130 Å². The molecular formula is C16H19NO4S. The van der Waals surface area contributed by atoms with E-state index in [1.54, 1.807) is 37.4 Å². The molecule has 0 radical (unpaired) electrons. The van der Waals surface area contributed by atoms with Crippen LogP contribution in [0.1, 0.15) is 5.56 Å². The van der Waals surface area contributed by atoms with Crippen molar-refractivity contribution in [1.82, 2.24) is 4.72 Å². The molecule has 0 unspecified atom stereocenters. The van der Waals surface area contributed by atoms with Crippen LogP contribution < -0.4 is 14.2 Å². The summed E-state index contributed by atoms with van der Waals surface area (Å²) in [6, 6.07) is 14.0. The summed E-state index contributed by atoms with van der Waals surface area (Å²) in [5, 5.41) is 0. The van der Waals surface area contributed by atoms with Crippen LogP contribution in [-0.4, -0.2) is 28.7 Å². The van der Waals surface area contributed by atoms with E-state index in [-0.39, 0.29) is 18.0 Å². The number of methoxy groups -OCH3 is 1. The van der Waals surface area contributed by atoms with Crippen molar-refractivity contribution in [3.63, 3.8) is 0 Å². The molecule has 0 saturated carbocycles. The van der Waals surface area contributed by atoms with Crippen LogP contribution in [0.15, 0.2) is 53.4 Å². The van der Waals surface area contributed by atoms with Gasteiger partial charge in [-0.1, -0.05) is 24.3 Å². The molecule has 0 atom stereocenters. The Balaban J connectivity index is 1.91. The van der Waals surface area contributed by atoms with E-state index in [4.69, 9.17) is 9.47 Å². The summed E-state index contributed by atoms with van der Waals surface area (Å²) in [7, 11) is -1.96. The van der Waals surface area contributed by atoms with Gasteiger partial charge in [-0.3, -0.25) is 0 Å². The first-order valence-electron chi connectivity index (χ1n) is 6.85. The molecule has 5 nitrogen and oxygen atoms in total.